The van der Waals surface area contributed by atoms with Gasteiger partial charge in [-0.3, -0.25) is 0 Å². The number of hydrogen-bond donors (Lipinski definition) is 1. The average Bonchev–Trinajstić information content (AvgIpc) is 2.34. The van der Waals surface area contributed by atoms with Crippen LogP contribution < -0.4 is 5.73 Å². The van der Waals surface area contributed by atoms with Crippen LogP contribution in [0.4, 0.5) is 0 Å². The van der Waals surface area contributed by atoms with Gasteiger partial charge >= 0.3 is 0 Å². The van der Waals surface area contributed by atoms with Gasteiger partial charge < -0.3 is 15.4 Å². The smallest absolute Gasteiger partial charge is 0.0751 e. The minimum Gasteiger partial charge on any atom is -0.399 e. The molecular formula is C16H28N2O. The molecule has 1 aliphatic heterocycles. The number of morpholine rings is 1. The Morgan fingerprint density at radius 1 is 1.26 bits per heavy atom. The van der Waals surface area contributed by atoms with Gasteiger partial charge in [0.05, 0.1) is 18.2 Å². The quantitative estimate of drug-likeness (QED) is 0.796. The van der Waals surface area contributed by atoms with Crippen molar-refractivity contribution in [2.45, 2.75) is 59.8 Å². The monoisotopic (exact) mass is 264 g/mol. The van der Waals surface area contributed by atoms with Crippen LogP contribution in [0.1, 0.15) is 41.5 Å². The molecule has 0 aromatic heterocycles. The second kappa shape index (κ2) is 6.29. The van der Waals surface area contributed by atoms with E-state index in [1.165, 1.54) is 11.3 Å². The first-order chi connectivity index (χ1) is 8.79. The Morgan fingerprint density at radius 2 is 1.84 bits per heavy atom. The SMILES string of the molecule is C=C(N)/C(C)=C(C)\C(=C/C)N1CC(C)OC(C)C1C. The van der Waals surface area contributed by atoms with Crippen LogP contribution in [0, 0.1) is 0 Å². The molecular weight excluding hydrogens is 236 g/mol. The molecule has 3 nitrogen and oxygen atoms in total. The van der Waals surface area contributed by atoms with Crippen molar-refractivity contribution in [3.63, 3.8) is 0 Å². The normalized spacial score (nSPS) is 30.1. The van der Waals surface area contributed by atoms with E-state index in [1.54, 1.807) is 0 Å². The second-order valence-corrected chi connectivity index (χ2v) is 5.49. The minimum absolute atomic E-state index is 0.230. The molecule has 2 N–H and O–H groups in total. The van der Waals surface area contributed by atoms with E-state index in [0.717, 1.165) is 12.1 Å². The maximum atomic E-state index is 5.88. The van der Waals surface area contributed by atoms with Crippen molar-refractivity contribution in [1.82, 2.24) is 4.90 Å². The molecule has 1 rings (SSSR count). The van der Waals surface area contributed by atoms with Crippen molar-refractivity contribution in [3.8, 4) is 0 Å². The molecule has 1 heterocycles. The highest BCUT2D eigenvalue weighted by molar-refractivity contribution is 5.40. The van der Waals surface area contributed by atoms with Gasteiger partial charge in [0, 0.05) is 17.9 Å². The van der Waals surface area contributed by atoms with Crippen LogP contribution in [0.3, 0.4) is 0 Å². The summed E-state index contributed by atoms with van der Waals surface area (Å²) in [5.74, 6) is 0. The van der Waals surface area contributed by atoms with Crippen LogP contribution in [0.15, 0.2) is 35.2 Å². The van der Waals surface area contributed by atoms with Crippen molar-refractivity contribution in [3.05, 3.63) is 35.2 Å². The Morgan fingerprint density at radius 3 is 2.32 bits per heavy atom. The van der Waals surface area contributed by atoms with E-state index in [2.05, 4.69) is 52.2 Å². The molecule has 0 amide bonds. The van der Waals surface area contributed by atoms with Gasteiger partial charge in [-0.15, -0.1) is 0 Å². The van der Waals surface area contributed by atoms with Gasteiger partial charge in [-0.2, -0.15) is 0 Å². The number of allylic oxidation sites excluding steroid dienone is 3. The first kappa shape index (κ1) is 15.8. The number of nitrogens with two attached hydrogens (primary N) is 1. The Balaban J connectivity index is 3.10. The fourth-order valence-corrected chi connectivity index (χ4v) is 2.57. The van der Waals surface area contributed by atoms with Crippen molar-refractivity contribution in [2.75, 3.05) is 6.54 Å². The highest BCUT2D eigenvalue weighted by Crippen LogP contribution is 2.28. The zero-order chi connectivity index (χ0) is 14.7. The zero-order valence-corrected chi connectivity index (χ0v) is 13.2. The van der Waals surface area contributed by atoms with Crippen LogP contribution in [0.25, 0.3) is 0 Å². The summed E-state index contributed by atoms with van der Waals surface area (Å²) in [6.45, 7) is 17.4. The minimum atomic E-state index is 0.230. The Labute approximate surface area is 117 Å². The van der Waals surface area contributed by atoms with Gasteiger partial charge in [0.25, 0.3) is 0 Å². The predicted octanol–water partition coefficient (Wildman–Crippen LogP) is 3.20. The molecule has 19 heavy (non-hydrogen) atoms. The molecule has 1 saturated heterocycles. The van der Waals surface area contributed by atoms with E-state index < -0.39 is 0 Å². The van der Waals surface area contributed by atoms with E-state index in [1.807, 2.05) is 6.92 Å². The number of hydrogen-bond acceptors (Lipinski definition) is 3. The standard InChI is InChI=1S/C16H28N2O/c1-8-16(12(4)11(3)13(5)17)18-9-10(2)19-15(7)14(18)6/h8,10,14-15H,5,9,17H2,1-4,6-7H3/b12-11-,16-8+. The molecule has 3 atom stereocenters. The van der Waals surface area contributed by atoms with Gasteiger partial charge in [-0.1, -0.05) is 12.7 Å². The Bertz CT molecular complexity index is 409. The lowest BCUT2D eigenvalue weighted by Gasteiger charge is -2.44. The topological polar surface area (TPSA) is 38.5 Å². The second-order valence-electron chi connectivity index (χ2n) is 5.49. The lowest BCUT2D eigenvalue weighted by molar-refractivity contribution is -0.0869. The van der Waals surface area contributed by atoms with E-state index in [-0.39, 0.29) is 12.2 Å². The van der Waals surface area contributed by atoms with Crippen LogP contribution in [-0.4, -0.2) is 29.7 Å². The van der Waals surface area contributed by atoms with Crippen molar-refractivity contribution < 1.29 is 4.74 Å². The third-order valence-electron chi connectivity index (χ3n) is 4.08. The molecule has 0 aliphatic carbocycles. The maximum Gasteiger partial charge on any atom is 0.0751 e. The number of nitrogens with zero attached hydrogens (tertiary/aromatic N) is 1. The summed E-state index contributed by atoms with van der Waals surface area (Å²) in [7, 11) is 0. The molecule has 3 heteroatoms. The molecule has 0 spiro atoms. The van der Waals surface area contributed by atoms with Gasteiger partial charge in [-0.25, -0.2) is 0 Å². The molecule has 108 valence electrons. The lowest BCUT2D eigenvalue weighted by atomic mass is 10.0. The highest BCUT2D eigenvalue weighted by atomic mass is 16.5. The van der Waals surface area contributed by atoms with Crippen molar-refractivity contribution in [1.29, 1.82) is 0 Å². The van der Waals surface area contributed by atoms with E-state index in [0.29, 0.717) is 11.7 Å². The molecule has 1 fully saturated rings. The average molecular weight is 264 g/mol. The first-order valence-electron chi connectivity index (χ1n) is 7.00. The third-order valence-corrected chi connectivity index (χ3v) is 4.08. The van der Waals surface area contributed by atoms with Crippen LogP contribution in [0.2, 0.25) is 0 Å². The van der Waals surface area contributed by atoms with Gasteiger partial charge in [0.1, 0.15) is 0 Å². The molecule has 0 saturated carbocycles. The first-order valence-corrected chi connectivity index (χ1v) is 7.00. The van der Waals surface area contributed by atoms with Crippen LogP contribution in [0.5, 0.6) is 0 Å². The Kier molecular flexibility index (Phi) is 5.24. The molecule has 0 bridgehead atoms. The van der Waals surface area contributed by atoms with Gasteiger partial charge in [0.15, 0.2) is 0 Å². The summed E-state index contributed by atoms with van der Waals surface area (Å²) in [5, 5.41) is 0. The lowest BCUT2D eigenvalue weighted by Crippen LogP contribution is -2.51. The molecule has 0 aromatic rings. The van der Waals surface area contributed by atoms with Crippen molar-refractivity contribution >= 4 is 0 Å². The highest BCUT2D eigenvalue weighted by Gasteiger charge is 2.31. The van der Waals surface area contributed by atoms with E-state index in [4.69, 9.17) is 10.5 Å². The summed E-state index contributed by atoms with van der Waals surface area (Å²) >= 11 is 0. The zero-order valence-electron chi connectivity index (χ0n) is 13.2. The maximum absolute atomic E-state index is 5.88. The van der Waals surface area contributed by atoms with Gasteiger partial charge in [-0.05, 0) is 52.7 Å². The molecule has 3 unspecified atom stereocenters. The fourth-order valence-electron chi connectivity index (χ4n) is 2.57. The number of ether oxygens (including phenoxy) is 1. The summed E-state index contributed by atoms with van der Waals surface area (Å²) in [4.78, 5) is 2.42. The largest absolute Gasteiger partial charge is 0.399 e. The summed E-state index contributed by atoms with van der Waals surface area (Å²) < 4.78 is 5.88. The Hall–Kier alpha value is -1.22. The molecule has 1 aliphatic rings. The fraction of sp³-hybridized carbons (Fsp3) is 0.625. The van der Waals surface area contributed by atoms with E-state index >= 15 is 0 Å². The van der Waals surface area contributed by atoms with Crippen molar-refractivity contribution in [2.24, 2.45) is 5.73 Å². The number of rotatable bonds is 3. The molecule has 0 radical (unpaired) electrons. The summed E-state index contributed by atoms with van der Waals surface area (Å²) in [6, 6.07) is 0.358. The molecule has 0 aromatic carbocycles. The van der Waals surface area contributed by atoms with E-state index in [9.17, 15) is 0 Å². The van der Waals surface area contributed by atoms with Crippen LogP contribution >= 0.6 is 0 Å². The third kappa shape index (κ3) is 3.41. The predicted molar refractivity (Wildman–Crippen MR) is 81.6 cm³/mol. The summed E-state index contributed by atoms with van der Waals surface area (Å²) in [6.07, 6.45) is 2.63. The van der Waals surface area contributed by atoms with Crippen LogP contribution in [-0.2, 0) is 4.74 Å². The summed E-state index contributed by atoms with van der Waals surface area (Å²) in [5.41, 5.74) is 9.96. The van der Waals surface area contributed by atoms with Gasteiger partial charge in [0.2, 0.25) is 0 Å².